The molecule has 0 unspecified atom stereocenters. The summed E-state index contributed by atoms with van der Waals surface area (Å²) in [6.45, 7) is 0. The van der Waals surface area contributed by atoms with E-state index in [9.17, 15) is 14.0 Å². The number of pyridine rings is 1. The Labute approximate surface area is 221 Å². The summed E-state index contributed by atoms with van der Waals surface area (Å²) in [7, 11) is 1.54. The summed E-state index contributed by atoms with van der Waals surface area (Å²) in [5.74, 6) is 0.845. The van der Waals surface area contributed by atoms with Crippen LogP contribution in [-0.2, 0) is 0 Å². The number of halogens is 3. The van der Waals surface area contributed by atoms with Crippen LogP contribution in [0.5, 0.6) is 23.0 Å². The van der Waals surface area contributed by atoms with Crippen LogP contribution in [0.15, 0.2) is 78.9 Å². The van der Waals surface area contributed by atoms with Crippen molar-refractivity contribution < 1.29 is 23.5 Å². The Morgan fingerprint density at radius 3 is 1.73 bits per heavy atom. The Hall–Kier alpha value is -4.34. The van der Waals surface area contributed by atoms with Gasteiger partial charge in [0.15, 0.2) is 0 Å². The molecule has 8 nitrogen and oxygen atoms in total. The molecule has 0 fully saturated rings. The largest absolute Gasteiger partial charge is 0.457 e. The number of nitrogens with zero attached hydrogens (tertiary/aromatic N) is 1. The van der Waals surface area contributed by atoms with Gasteiger partial charge in [0.05, 0.1) is 0 Å². The van der Waals surface area contributed by atoms with Gasteiger partial charge < -0.3 is 25.4 Å². The number of urea groups is 1. The van der Waals surface area contributed by atoms with Crippen molar-refractivity contribution in [1.29, 1.82) is 0 Å². The zero-order chi connectivity index (χ0) is 26.4. The van der Waals surface area contributed by atoms with Crippen LogP contribution in [0, 0.1) is 5.82 Å². The summed E-state index contributed by atoms with van der Waals surface area (Å²) in [6, 6.07) is 19.0. The van der Waals surface area contributed by atoms with Gasteiger partial charge in [-0.25, -0.2) is 14.2 Å². The first kappa shape index (κ1) is 25.7. The maximum atomic E-state index is 13.3. The van der Waals surface area contributed by atoms with E-state index >= 15 is 0 Å². The van der Waals surface area contributed by atoms with E-state index in [1.54, 1.807) is 49.5 Å². The third kappa shape index (κ3) is 7.33. The van der Waals surface area contributed by atoms with Gasteiger partial charge in [0.2, 0.25) is 0 Å². The second kappa shape index (κ2) is 11.6. The summed E-state index contributed by atoms with van der Waals surface area (Å²) in [5.41, 5.74) is 1.15. The van der Waals surface area contributed by atoms with Gasteiger partial charge >= 0.3 is 6.03 Å². The lowest BCUT2D eigenvalue weighted by molar-refractivity contribution is 0.0963. The van der Waals surface area contributed by atoms with E-state index in [1.165, 1.54) is 36.4 Å². The predicted molar refractivity (Wildman–Crippen MR) is 140 cm³/mol. The van der Waals surface area contributed by atoms with Crippen LogP contribution in [-0.4, -0.2) is 24.0 Å². The summed E-state index contributed by atoms with van der Waals surface area (Å²) < 4.78 is 25.1. The van der Waals surface area contributed by atoms with Crippen molar-refractivity contribution in [2.75, 3.05) is 17.7 Å². The molecule has 0 spiro atoms. The predicted octanol–water partition coefficient (Wildman–Crippen LogP) is 7.12. The number of anilines is 2. The van der Waals surface area contributed by atoms with Gasteiger partial charge in [-0.1, -0.05) is 23.2 Å². The number of aromatic nitrogens is 1. The van der Waals surface area contributed by atoms with Crippen LogP contribution in [0.1, 0.15) is 10.4 Å². The third-order valence-electron chi connectivity index (χ3n) is 4.79. The Balaban J connectivity index is 1.57. The molecule has 0 saturated heterocycles. The van der Waals surface area contributed by atoms with Crippen LogP contribution >= 0.6 is 23.2 Å². The van der Waals surface area contributed by atoms with E-state index in [1.807, 2.05) is 0 Å². The van der Waals surface area contributed by atoms with Gasteiger partial charge in [-0.3, -0.25) is 4.79 Å². The molecule has 37 heavy (non-hydrogen) atoms. The molecule has 4 rings (SSSR count). The molecule has 0 aliphatic carbocycles. The highest BCUT2D eigenvalue weighted by Crippen LogP contribution is 2.33. The highest BCUT2D eigenvalue weighted by atomic mass is 35.5. The molecule has 3 N–H and O–H groups in total. The van der Waals surface area contributed by atoms with E-state index in [0.717, 1.165) is 0 Å². The minimum absolute atomic E-state index is 0.121. The normalized spacial score (nSPS) is 10.4. The monoisotopic (exact) mass is 540 g/mol. The average Bonchev–Trinajstić information content (AvgIpc) is 2.84. The number of carbonyl (C=O) groups excluding carboxylic acids is 2. The van der Waals surface area contributed by atoms with Gasteiger partial charge in [-0.15, -0.1) is 0 Å². The van der Waals surface area contributed by atoms with Crippen LogP contribution < -0.4 is 25.4 Å². The second-order valence-electron chi connectivity index (χ2n) is 7.54. The fraction of sp³-hybridized carbons (Fsp3) is 0.0385. The molecule has 11 heteroatoms. The molecule has 188 valence electrons. The van der Waals surface area contributed by atoms with Gasteiger partial charge in [-0.2, -0.15) is 0 Å². The van der Waals surface area contributed by atoms with Crippen LogP contribution in [0.25, 0.3) is 0 Å². The van der Waals surface area contributed by atoms with Crippen molar-refractivity contribution in [2.24, 2.45) is 0 Å². The molecule has 0 bridgehead atoms. The molecular weight excluding hydrogens is 522 g/mol. The van der Waals surface area contributed by atoms with Gasteiger partial charge in [-0.05, 0) is 60.7 Å². The van der Waals surface area contributed by atoms with Crippen molar-refractivity contribution >= 4 is 46.5 Å². The second-order valence-corrected chi connectivity index (χ2v) is 8.31. The fourth-order valence-electron chi connectivity index (χ4n) is 3.19. The Bertz CT molecular complexity index is 1410. The maximum Gasteiger partial charge on any atom is 0.323 e. The average molecular weight is 541 g/mol. The number of nitrogens with one attached hydrogen (secondary N) is 3. The van der Waals surface area contributed by atoms with Gasteiger partial charge in [0.25, 0.3) is 5.91 Å². The van der Waals surface area contributed by atoms with E-state index in [4.69, 9.17) is 32.7 Å². The molecule has 3 aromatic carbocycles. The number of benzene rings is 3. The highest BCUT2D eigenvalue weighted by molar-refractivity contribution is 6.33. The van der Waals surface area contributed by atoms with Crippen molar-refractivity contribution in [2.45, 2.75) is 0 Å². The van der Waals surface area contributed by atoms with E-state index in [-0.39, 0.29) is 16.2 Å². The van der Waals surface area contributed by atoms with Crippen molar-refractivity contribution in [3.63, 3.8) is 0 Å². The molecule has 0 aliphatic heterocycles. The molecule has 3 amide bonds. The highest BCUT2D eigenvalue weighted by Gasteiger charge is 2.11. The van der Waals surface area contributed by atoms with Crippen LogP contribution in [0.2, 0.25) is 10.3 Å². The van der Waals surface area contributed by atoms with Crippen molar-refractivity contribution in [1.82, 2.24) is 10.3 Å². The minimum Gasteiger partial charge on any atom is -0.457 e. The molecule has 0 aliphatic rings. The molecular formula is C26H19Cl2FN4O4. The first-order chi connectivity index (χ1) is 17.8. The lowest BCUT2D eigenvalue weighted by atomic mass is 10.2. The summed E-state index contributed by atoms with van der Waals surface area (Å²) >= 11 is 11.8. The minimum atomic E-state index is -0.585. The molecule has 0 atom stereocenters. The topological polar surface area (TPSA) is 102 Å². The van der Waals surface area contributed by atoms with E-state index in [0.29, 0.717) is 39.9 Å². The first-order valence-corrected chi connectivity index (χ1v) is 11.5. The molecule has 4 aromatic rings. The summed E-state index contributed by atoms with van der Waals surface area (Å²) in [6.07, 6.45) is 0. The van der Waals surface area contributed by atoms with Gasteiger partial charge in [0.1, 0.15) is 39.1 Å². The SMILES string of the molecule is CNC(=O)c1ccc(Oc2cc(NC(=O)Nc3cc(Cl)nc(Cl)c3)cc(Oc3ccc(F)cc3)c2)cc1. The number of carbonyl (C=O) groups is 2. The van der Waals surface area contributed by atoms with E-state index in [2.05, 4.69) is 20.9 Å². The van der Waals surface area contributed by atoms with Gasteiger partial charge in [0, 0.05) is 42.2 Å². The zero-order valence-corrected chi connectivity index (χ0v) is 20.7. The number of rotatable bonds is 7. The number of ether oxygens (including phenoxy) is 2. The Kier molecular flexibility index (Phi) is 8.07. The zero-order valence-electron chi connectivity index (χ0n) is 19.2. The lowest BCUT2D eigenvalue weighted by Gasteiger charge is -2.14. The molecule has 1 heterocycles. The van der Waals surface area contributed by atoms with Crippen LogP contribution in [0.3, 0.4) is 0 Å². The number of amides is 3. The molecule has 0 radical (unpaired) electrons. The first-order valence-electron chi connectivity index (χ1n) is 10.8. The molecule has 1 aromatic heterocycles. The fourth-order valence-corrected chi connectivity index (χ4v) is 3.65. The summed E-state index contributed by atoms with van der Waals surface area (Å²) in [5, 5.41) is 8.10. The smallest absolute Gasteiger partial charge is 0.323 e. The maximum absolute atomic E-state index is 13.3. The number of hydrogen-bond acceptors (Lipinski definition) is 5. The lowest BCUT2D eigenvalue weighted by Crippen LogP contribution is -2.19. The number of hydrogen-bond donors (Lipinski definition) is 3. The van der Waals surface area contributed by atoms with Crippen LogP contribution in [0.4, 0.5) is 20.6 Å². The Morgan fingerprint density at radius 2 is 1.22 bits per heavy atom. The Morgan fingerprint density at radius 1 is 0.730 bits per heavy atom. The third-order valence-corrected chi connectivity index (χ3v) is 5.17. The van der Waals surface area contributed by atoms with E-state index < -0.39 is 11.8 Å². The quantitative estimate of drug-likeness (QED) is 0.217. The van der Waals surface area contributed by atoms with Crippen molar-refractivity contribution in [3.05, 3.63) is 101 Å². The van der Waals surface area contributed by atoms with Crippen molar-refractivity contribution in [3.8, 4) is 23.0 Å². The molecule has 0 saturated carbocycles. The summed E-state index contributed by atoms with van der Waals surface area (Å²) in [4.78, 5) is 28.2. The standard InChI is InChI=1S/C26H19Cl2FN4O4/c1-30-25(34)15-2-6-19(7-3-15)36-21-10-17(11-22(14-21)37-20-8-4-16(29)5-9-20)31-26(35)32-18-12-23(27)33-24(28)13-18/h2-14H,1H3,(H,30,34)(H2,31,32,33,35).